The Kier molecular flexibility index (Phi) is 4.07. The average Bonchev–Trinajstić information content (AvgIpc) is 1.78. The normalized spacial score (nSPS) is 11.5. The SMILES string of the molecule is CC(C)(N)CNCCC(=O)O. The maximum absolute atomic E-state index is 10.1. The van der Waals surface area contributed by atoms with E-state index in [9.17, 15) is 4.79 Å². The van der Waals surface area contributed by atoms with Gasteiger partial charge in [0.25, 0.3) is 0 Å². The summed E-state index contributed by atoms with van der Waals surface area (Å²) in [4.78, 5) is 10.1. The van der Waals surface area contributed by atoms with E-state index in [-0.39, 0.29) is 12.0 Å². The molecule has 66 valence electrons. The molecular formula is C7H16N2O2. The molecule has 0 rings (SSSR count). The van der Waals surface area contributed by atoms with E-state index in [2.05, 4.69) is 5.32 Å². The van der Waals surface area contributed by atoms with Crippen LogP contribution in [0.4, 0.5) is 0 Å². The number of nitrogens with two attached hydrogens (primary N) is 1. The Morgan fingerprint density at radius 3 is 2.55 bits per heavy atom. The lowest BCUT2D eigenvalue weighted by molar-refractivity contribution is -0.136. The molecule has 4 N–H and O–H groups in total. The molecule has 0 aromatic rings. The van der Waals surface area contributed by atoms with Crippen molar-refractivity contribution in [2.75, 3.05) is 13.1 Å². The standard InChI is InChI=1S/C7H16N2O2/c1-7(2,8)5-9-4-3-6(10)11/h9H,3-5,8H2,1-2H3,(H,10,11). The van der Waals surface area contributed by atoms with Crippen molar-refractivity contribution in [1.82, 2.24) is 5.32 Å². The van der Waals surface area contributed by atoms with Gasteiger partial charge in [0.2, 0.25) is 0 Å². The van der Waals surface area contributed by atoms with Gasteiger partial charge in [-0.2, -0.15) is 0 Å². The van der Waals surface area contributed by atoms with Crippen molar-refractivity contribution in [2.45, 2.75) is 25.8 Å². The van der Waals surface area contributed by atoms with E-state index in [0.29, 0.717) is 13.1 Å². The molecule has 0 saturated carbocycles. The first-order chi connectivity index (χ1) is 4.92. The van der Waals surface area contributed by atoms with Crippen LogP contribution in [0.25, 0.3) is 0 Å². The van der Waals surface area contributed by atoms with E-state index in [1.54, 1.807) is 0 Å². The fourth-order valence-corrected chi connectivity index (χ4v) is 0.606. The van der Waals surface area contributed by atoms with Crippen LogP contribution >= 0.6 is 0 Å². The van der Waals surface area contributed by atoms with E-state index in [0.717, 1.165) is 0 Å². The molecule has 0 aliphatic carbocycles. The first-order valence-corrected chi connectivity index (χ1v) is 3.63. The second kappa shape index (κ2) is 4.31. The van der Waals surface area contributed by atoms with E-state index in [1.165, 1.54) is 0 Å². The summed E-state index contributed by atoms with van der Waals surface area (Å²) in [5.41, 5.74) is 5.38. The van der Waals surface area contributed by atoms with Crippen molar-refractivity contribution < 1.29 is 9.90 Å². The Bertz CT molecular complexity index is 129. The fraction of sp³-hybridized carbons (Fsp3) is 0.857. The van der Waals surface area contributed by atoms with Gasteiger partial charge in [-0.1, -0.05) is 0 Å². The van der Waals surface area contributed by atoms with Crippen LogP contribution < -0.4 is 11.1 Å². The minimum Gasteiger partial charge on any atom is -0.481 e. The third-order valence-electron chi connectivity index (χ3n) is 1.10. The summed E-state index contributed by atoms with van der Waals surface area (Å²) in [5.74, 6) is -0.785. The molecule has 0 aromatic carbocycles. The van der Waals surface area contributed by atoms with E-state index in [4.69, 9.17) is 10.8 Å². The lowest BCUT2D eigenvalue weighted by Crippen LogP contribution is -2.43. The number of carbonyl (C=O) groups is 1. The molecule has 0 fully saturated rings. The average molecular weight is 160 g/mol. The smallest absolute Gasteiger partial charge is 0.304 e. The van der Waals surface area contributed by atoms with Gasteiger partial charge in [0, 0.05) is 18.6 Å². The number of hydrogen-bond acceptors (Lipinski definition) is 3. The predicted molar refractivity (Wildman–Crippen MR) is 43.4 cm³/mol. The molecule has 0 saturated heterocycles. The van der Waals surface area contributed by atoms with Gasteiger partial charge in [-0.15, -0.1) is 0 Å². The van der Waals surface area contributed by atoms with Gasteiger partial charge in [0.15, 0.2) is 0 Å². The zero-order valence-electron chi connectivity index (χ0n) is 7.05. The highest BCUT2D eigenvalue weighted by atomic mass is 16.4. The summed E-state index contributed by atoms with van der Waals surface area (Å²) in [5, 5.41) is 11.2. The molecule has 4 nitrogen and oxygen atoms in total. The van der Waals surface area contributed by atoms with Crippen molar-refractivity contribution in [2.24, 2.45) is 5.73 Å². The van der Waals surface area contributed by atoms with Crippen LogP contribution in [0.5, 0.6) is 0 Å². The van der Waals surface area contributed by atoms with Crippen LogP contribution in [0, 0.1) is 0 Å². The summed E-state index contributed by atoms with van der Waals surface area (Å²) < 4.78 is 0. The minimum atomic E-state index is -0.785. The molecule has 11 heavy (non-hydrogen) atoms. The highest BCUT2D eigenvalue weighted by Gasteiger charge is 2.08. The Balaban J connectivity index is 3.22. The molecule has 0 heterocycles. The van der Waals surface area contributed by atoms with Crippen molar-refractivity contribution in [1.29, 1.82) is 0 Å². The predicted octanol–water partition coefficient (Wildman–Crippen LogP) is -0.212. The third-order valence-corrected chi connectivity index (χ3v) is 1.10. The topological polar surface area (TPSA) is 75.3 Å². The summed E-state index contributed by atoms with van der Waals surface area (Å²) in [6.07, 6.45) is 0.149. The molecule has 0 unspecified atom stereocenters. The number of nitrogens with one attached hydrogen (secondary N) is 1. The quantitative estimate of drug-likeness (QED) is 0.486. The van der Waals surface area contributed by atoms with Crippen LogP contribution in [0.15, 0.2) is 0 Å². The minimum absolute atomic E-state index is 0.149. The van der Waals surface area contributed by atoms with Crippen LogP contribution in [0.3, 0.4) is 0 Å². The van der Waals surface area contributed by atoms with Gasteiger partial charge >= 0.3 is 5.97 Å². The van der Waals surface area contributed by atoms with Crippen molar-refractivity contribution >= 4 is 5.97 Å². The van der Waals surface area contributed by atoms with E-state index >= 15 is 0 Å². The lowest BCUT2D eigenvalue weighted by Gasteiger charge is -2.18. The number of hydrogen-bond donors (Lipinski definition) is 3. The molecule has 4 heteroatoms. The maximum Gasteiger partial charge on any atom is 0.304 e. The van der Waals surface area contributed by atoms with Gasteiger partial charge in [0.05, 0.1) is 6.42 Å². The Labute approximate surface area is 66.8 Å². The highest BCUT2D eigenvalue weighted by Crippen LogP contribution is 1.92. The first-order valence-electron chi connectivity index (χ1n) is 3.63. The molecule has 0 spiro atoms. The fourth-order valence-electron chi connectivity index (χ4n) is 0.606. The van der Waals surface area contributed by atoms with Crippen molar-refractivity contribution in [3.05, 3.63) is 0 Å². The summed E-state index contributed by atoms with van der Waals surface area (Å²) in [6, 6.07) is 0. The molecule has 0 aliphatic rings. The van der Waals surface area contributed by atoms with Crippen molar-refractivity contribution in [3.63, 3.8) is 0 Å². The molecule has 0 bridgehead atoms. The molecule has 0 aromatic heterocycles. The second-order valence-electron chi connectivity index (χ2n) is 3.31. The number of rotatable bonds is 5. The molecular weight excluding hydrogens is 144 g/mol. The second-order valence-corrected chi connectivity index (χ2v) is 3.31. The van der Waals surface area contributed by atoms with Crippen LogP contribution in [-0.4, -0.2) is 29.7 Å². The largest absolute Gasteiger partial charge is 0.481 e. The van der Waals surface area contributed by atoms with Crippen LogP contribution in [0.2, 0.25) is 0 Å². The zero-order valence-corrected chi connectivity index (χ0v) is 7.05. The zero-order chi connectivity index (χ0) is 8.91. The molecule has 0 radical (unpaired) electrons. The molecule has 0 amide bonds. The first kappa shape index (κ1) is 10.4. The van der Waals surface area contributed by atoms with Gasteiger partial charge in [-0.25, -0.2) is 0 Å². The summed E-state index contributed by atoms with van der Waals surface area (Å²) >= 11 is 0. The summed E-state index contributed by atoms with van der Waals surface area (Å²) in [6.45, 7) is 4.90. The summed E-state index contributed by atoms with van der Waals surface area (Å²) in [7, 11) is 0. The van der Waals surface area contributed by atoms with Crippen molar-refractivity contribution in [3.8, 4) is 0 Å². The number of aliphatic carboxylic acids is 1. The third kappa shape index (κ3) is 9.39. The van der Waals surface area contributed by atoms with E-state index < -0.39 is 5.97 Å². The molecule has 0 atom stereocenters. The monoisotopic (exact) mass is 160 g/mol. The van der Waals surface area contributed by atoms with Gasteiger partial charge in [0.1, 0.15) is 0 Å². The Morgan fingerprint density at radius 1 is 1.64 bits per heavy atom. The van der Waals surface area contributed by atoms with Gasteiger partial charge in [-0.05, 0) is 13.8 Å². The lowest BCUT2D eigenvalue weighted by atomic mass is 10.1. The number of carboxylic acid groups (broad SMARTS) is 1. The Hall–Kier alpha value is -0.610. The van der Waals surface area contributed by atoms with E-state index in [1.807, 2.05) is 13.8 Å². The van der Waals surface area contributed by atoms with Crippen LogP contribution in [-0.2, 0) is 4.79 Å². The van der Waals surface area contributed by atoms with Gasteiger partial charge < -0.3 is 16.2 Å². The Morgan fingerprint density at radius 2 is 2.18 bits per heavy atom. The highest BCUT2D eigenvalue weighted by molar-refractivity contribution is 5.66. The molecule has 0 aliphatic heterocycles. The number of carboxylic acids is 1. The van der Waals surface area contributed by atoms with Gasteiger partial charge in [-0.3, -0.25) is 4.79 Å². The maximum atomic E-state index is 10.1. The van der Waals surface area contributed by atoms with Crippen LogP contribution in [0.1, 0.15) is 20.3 Å².